The number of likely N-dealkylation sites (tertiary alicyclic amines) is 1. The molecule has 2 aliphatic rings. The van der Waals surface area contributed by atoms with Gasteiger partial charge in [-0.15, -0.1) is 0 Å². The molecule has 2 atom stereocenters. The Kier molecular flexibility index (Phi) is 5.54. The van der Waals surface area contributed by atoms with Crippen LogP contribution in [-0.2, 0) is 16.1 Å². The van der Waals surface area contributed by atoms with Crippen molar-refractivity contribution >= 4 is 5.91 Å². The molecule has 2 heterocycles. The molecule has 1 aromatic carbocycles. The van der Waals surface area contributed by atoms with Crippen LogP contribution in [0.3, 0.4) is 0 Å². The molecule has 1 amide bonds. The standard InChI is InChI=1S/C19H29N3O2/c1-15(2)20(3)14-19(23)22-12-17-18(13-22)24-10-9-21(17)11-16-7-5-4-6-8-16/h4-8,15,17-18H,9-14H2,1-3H3/t17-,18-/m1/s1. The molecule has 0 saturated carbocycles. The third-order valence-corrected chi connectivity index (χ3v) is 5.26. The Hall–Kier alpha value is -1.43. The molecular formula is C19H29N3O2. The van der Waals surface area contributed by atoms with Crippen LogP contribution in [0.1, 0.15) is 19.4 Å². The molecule has 2 saturated heterocycles. The van der Waals surface area contributed by atoms with Crippen molar-refractivity contribution < 1.29 is 9.53 Å². The average molecular weight is 331 g/mol. The second kappa shape index (κ2) is 7.64. The fourth-order valence-electron chi connectivity index (χ4n) is 3.47. The van der Waals surface area contributed by atoms with Crippen molar-refractivity contribution in [3.05, 3.63) is 35.9 Å². The number of benzene rings is 1. The van der Waals surface area contributed by atoms with Gasteiger partial charge in [0.1, 0.15) is 0 Å². The molecule has 0 unspecified atom stereocenters. The number of carbonyl (C=O) groups is 1. The van der Waals surface area contributed by atoms with Gasteiger partial charge < -0.3 is 9.64 Å². The lowest BCUT2D eigenvalue weighted by atomic mass is 10.1. The topological polar surface area (TPSA) is 36.0 Å². The van der Waals surface area contributed by atoms with Crippen LogP contribution in [0.15, 0.2) is 30.3 Å². The molecule has 0 radical (unpaired) electrons. The summed E-state index contributed by atoms with van der Waals surface area (Å²) in [5.74, 6) is 0.212. The van der Waals surface area contributed by atoms with E-state index in [2.05, 4.69) is 47.9 Å². The van der Waals surface area contributed by atoms with Gasteiger partial charge >= 0.3 is 0 Å². The summed E-state index contributed by atoms with van der Waals surface area (Å²) >= 11 is 0. The lowest BCUT2D eigenvalue weighted by Crippen LogP contribution is -2.50. The third-order valence-electron chi connectivity index (χ3n) is 5.26. The van der Waals surface area contributed by atoms with E-state index in [1.807, 2.05) is 18.0 Å². The summed E-state index contributed by atoms with van der Waals surface area (Å²) in [6.45, 7) is 8.83. The van der Waals surface area contributed by atoms with Crippen molar-refractivity contribution in [2.45, 2.75) is 38.6 Å². The van der Waals surface area contributed by atoms with Crippen LogP contribution in [0.2, 0.25) is 0 Å². The summed E-state index contributed by atoms with van der Waals surface area (Å²) in [5.41, 5.74) is 1.32. The molecule has 2 aliphatic heterocycles. The minimum atomic E-state index is 0.149. The van der Waals surface area contributed by atoms with E-state index in [9.17, 15) is 4.79 Å². The first kappa shape index (κ1) is 17.4. The summed E-state index contributed by atoms with van der Waals surface area (Å²) in [6.07, 6.45) is 0.149. The summed E-state index contributed by atoms with van der Waals surface area (Å²) in [7, 11) is 2.00. The number of likely N-dealkylation sites (N-methyl/N-ethyl adjacent to an activating group) is 1. The number of hydrogen-bond donors (Lipinski definition) is 0. The minimum Gasteiger partial charge on any atom is -0.373 e. The van der Waals surface area contributed by atoms with Crippen LogP contribution in [0.25, 0.3) is 0 Å². The van der Waals surface area contributed by atoms with Crippen molar-refractivity contribution in [2.24, 2.45) is 0 Å². The first-order valence-corrected chi connectivity index (χ1v) is 8.92. The summed E-state index contributed by atoms with van der Waals surface area (Å²) < 4.78 is 5.95. The second-order valence-electron chi connectivity index (χ2n) is 7.24. The Morgan fingerprint density at radius 2 is 2.04 bits per heavy atom. The second-order valence-corrected chi connectivity index (χ2v) is 7.24. The highest BCUT2D eigenvalue weighted by molar-refractivity contribution is 5.78. The zero-order valence-corrected chi connectivity index (χ0v) is 15.0. The van der Waals surface area contributed by atoms with E-state index < -0.39 is 0 Å². The maximum absolute atomic E-state index is 12.6. The number of amides is 1. The molecule has 5 nitrogen and oxygen atoms in total. The molecular weight excluding hydrogens is 302 g/mol. The molecule has 2 fully saturated rings. The number of ether oxygens (including phenoxy) is 1. The minimum absolute atomic E-state index is 0.149. The number of morpholine rings is 1. The van der Waals surface area contributed by atoms with Gasteiger partial charge in [0.2, 0.25) is 5.91 Å². The van der Waals surface area contributed by atoms with Gasteiger partial charge in [-0.2, -0.15) is 0 Å². The molecule has 0 spiro atoms. The average Bonchev–Trinajstić information content (AvgIpc) is 3.01. The predicted molar refractivity (Wildman–Crippen MR) is 94.7 cm³/mol. The van der Waals surface area contributed by atoms with E-state index in [1.165, 1.54) is 5.56 Å². The lowest BCUT2D eigenvalue weighted by molar-refractivity contribution is -0.131. The molecule has 1 aromatic rings. The molecule has 0 N–H and O–H groups in total. The van der Waals surface area contributed by atoms with Gasteiger partial charge in [-0.25, -0.2) is 0 Å². The molecule has 0 aliphatic carbocycles. The fourth-order valence-corrected chi connectivity index (χ4v) is 3.47. The number of nitrogens with zero attached hydrogens (tertiary/aromatic N) is 3. The van der Waals surface area contributed by atoms with Crippen molar-refractivity contribution in [1.82, 2.24) is 14.7 Å². The summed E-state index contributed by atoms with van der Waals surface area (Å²) in [5, 5.41) is 0. The van der Waals surface area contributed by atoms with Crippen LogP contribution < -0.4 is 0 Å². The van der Waals surface area contributed by atoms with E-state index in [0.717, 1.165) is 32.8 Å². The largest absolute Gasteiger partial charge is 0.373 e. The van der Waals surface area contributed by atoms with Gasteiger partial charge in [0.25, 0.3) is 0 Å². The van der Waals surface area contributed by atoms with Gasteiger partial charge in [-0.3, -0.25) is 14.6 Å². The Labute approximate surface area is 145 Å². The summed E-state index contributed by atoms with van der Waals surface area (Å²) in [4.78, 5) is 19.1. The van der Waals surface area contributed by atoms with Crippen LogP contribution in [0.4, 0.5) is 0 Å². The third kappa shape index (κ3) is 3.97. The molecule has 0 aromatic heterocycles. The van der Waals surface area contributed by atoms with E-state index >= 15 is 0 Å². The van der Waals surface area contributed by atoms with Gasteiger partial charge in [0, 0.05) is 32.2 Å². The first-order chi connectivity index (χ1) is 11.5. The number of rotatable bonds is 5. The highest BCUT2D eigenvalue weighted by atomic mass is 16.5. The van der Waals surface area contributed by atoms with Gasteiger partial charge in [0.15, 0.2) is 0 Å². The highest BCUT2D eigenvalue weighted by Crippen LogP contribution is 2.24. The highest BCUT2D eigenvalue weighted by Gasteiger charge is 2.41. The van der Waals surface area contributed by atoms with Crippen molar-refractivity contribution in [2.75, 3.05) is 39.8 Å². The Balaban J connectivity index is 1.61. The normalized spacial score (nSPS) is 24.6. The van der Waals surface area contributed by atoms with E-state index in [1.54, 1.807) is 0 Å². The summed E-state index contributed by atoms with van der Waals surface area (Å²) in [6, 6.07) is 11.2. The predicted octanol–water partition coefficient (Wildman–Crippen LogP) is 1.44. The van der Waals surface area contributed by atoms with E-state index in [-0.39, 0.29) is 12.0 Å². The Morgan fingerprint density at radius 1 is 1.29 bits per heavy atom. The van der Waals surface area contributed by atoms with Crippen molar-refractivity contribution in [3.63, 3.8) is 0 Å². The molecule has 3 rings (SSSR count). The molecule has 132 valence electrons. The Bertz CT molecular complexity index is 549. The number of fused-ring (bicyclic) bond motifs is 1. The maximum atomic E-state index is 12.6. The van der Waals surface area contributed by atoms with Crippen LogP contribution in [0, 0.1) is 0 Å². The van der Waals surface area contributed by atoms with E-state index in [4.69, 9.17) is 4.74 Å². The zero-order valence-electron chi connectivity index (χ0n) is 15.0. The smallest absolute Gasteiger partial charge is 0.236 e. The van der Waals surface area contributed by atoms with Gasteiger partial charge in [-0.1, -0.05) is 30.3 Å². The van der Waals surface area contributed by atoms with Crippen LogP contribution >= 0.6 is 0 Å². The van der Waals surface area contributed by atoms with Crippen LogP contribution in [0.5, 0.6) is 0 Å². The molecule has 0 bridgehead atoms. The quantitative estimate of drug-likeness (QED) is 0.818. The van der Waals surface area contributed by atoms with E-state index in [0.29, 0.717) is 18.6 Å². The Morgan fingerprint density at radius 3 is 2.75 bits per heavy atom. The van der Waals surface area contributed by atoms with Gasteiger partial charge in [0.05, 0.1) is 25.3 Å². The zero-order chi connectivity index (χ0) is 17.1. The lowest BCUT2D eigenvalue weighted by Gasteiger charge is -2.36. The molecule has 24 heavy (non-hydrogen) atoms. The maximum Gasteiger partial charge on any atom is 0.236 e. The fraction of sp³-hybridized carbons (Fsp3) is 0.632. The number of hydrogen-bond acceptors (Lipinski definition) is 4. The van der Waals surface area contributed by atoms with Crippen molar-refractivity contribution in [3.8, 4) is 0 Å². The van der Waals surface area contributed by atoms with Gasteiger partial charge in [-0.05, 0) is 26.5 Å². The van der Waals surface area contributed by atoms with Crippen molar-refractivity contribution in [1.29, 1.82) is 0 Å². The number of carbonyl (C=O) groups excluding carboxylic acids is 1. The monoisotopic (exact) mass is 331 g/mol. The molecule has 5 heteroatoms. The SMILES string of the molecule is CC(C)N(C)CC(=O)N1C[C@@H]2[C@@H](C1)OCCN2Cc1ccccc1. The first-order valence-electron chi connectivity index (χ1n) is 8.92. The van der Waals surface area contributed by atoms with Crippen LogP contribution in [-0.4, -0.2) is 78.6 Å².